The number of aliphatic hydroxyl groups is 1. The maximum atomic E-state index is 9.77. The fraction of sp³-hybridized carbons (Fsp3) is 0.800. The maximum absolute atomic E-state index is 9.77. The van der Waals surface area contributed by atoms with Crippen LogP contribution in [0.5, 0.6) is 0 Å². The molecule has 0 aliphatic carbocycles. The Bertz CT molecular complexity index is 206. The monoisotopic (exact) mass is 184 g/mol. The molecule has 1 saturated heterocycles. The Hall–Kier alpha value is -0.380. The van der Waals surface area contributed by atoms with Crippen LogP contribution in [0.15, 0.2) is 12.2 Å². The largest absolute Gasteiger partial charge is 0.383 e. The molecule has 1 spiro atoms. The van der Waals surface area contributed by atoms with Crippen LogP contribution in [0, 0.1) is 0 Å². The van der Waals surface area contributed by atoms with Gasteiger partial charge in [0.25, 0.3) is 0 Å². The molecule has 2 heterocycles. The highest BCUT2D eigenvalue weighted by Crippen LogP contribution is 2.34. The quantitative estimate of drug-likeness (QED) is 0.575. The lowest BCUT2D eigenvalue weighted by atomic mass is 9.97. The second kappa shape index (κ2) is 3.40. The van der Waals surface area contributed by atoms with Gasteiger partial charge in [0.15, 0.2) is 5.79 Å². The van der Waals surface area contributed by atoms with Crippen LogP contribution < -0.4 is 0 Å². The van der Waals surface area contributed by atoms with Gasteiger partial charge in [-0.3, -0.25) is 0 Å². The first-order valence-electron chi connectivity index (χ1n) is 4.91. The summed E-state index contributed by atoms with van der Waals surface area (Å²) in [5.74, 6) is -0.744. The van der Waals surface area contributed by atoms with Gasteiger partial charge in [-0.1, -0.05) is 12.2 Å². The van der Waals surface area contributed by atoms with E-state index in [0.29, 0.717) is 6.61 Å². The second-order valence-corrected chi connectivity index (χ2v) is 3.77. The first-order chi connectivity index (χ1) is 6.23. The topological polar surface area (TPSA) is 38.7 Å². The van der Waals surface area contributed by atoms with Crippen LogP contribution in [0.25, 0.3) is 0 Å². The Morgan fingerprint density at radius 2 is 2.23 bits per heavy atom. The smallest absolute Gasteiger partial charge is 0.198 e. The third-order valence-corrected chi connectivity index (χ3v) is 2.67. The molecule has 0 aromatic rings. The molecule has 3 nitrogen and oxygen atoms in total. The number of rotatable bonds is 0. The lowest BCUT2D eigenvalue weighted by Crippen LogP contribution is -2.52. The Morgan fingerprint density at radius 1 is 1.38 bits per heavy atom. The van der Waals surface area contributed by atoms with Crippen molar-refractivity contribution in [3.8, 4) is 0 Å². The third kappa shape index (κ3) is 1.64. The van der Waals surface area contributed by atoms with Crippen LogP contribution in [-0.4, -0.2) is 29.7 Å². The first-order valence-corrected chi connectivity index (χ1v) is 4.91. The molecular weight excluding hydrogens is 168 g/mol. The van der Waals surface area contributed by atoms with E-state index in [1.54, 1.807) is 6.08 Å². The summed E-state index contributed by atoms with van der Waals surface area (Å²) in [4.78, 5) is 0. The van der Waals surface area contributed by atoms with Crippen molar-refractivity contribution in [2.24, 2.45) is 0 Å². The van der Waals surface area contributed by atoms with E-state index >= 15 is 0 Å². The SMILES string of the molecule is C[C@@H]1C=C[C@@H](O)[C@@]2(CCCCO2)O1. The summed E-state index contributed by atoms with van der Waals surface area (Å²) in [7, 11) is 0. The predicted octanol–water partition coefficient (Wildman–Crippen LogP) is 1.22. The summed E-state index contributed by atoms with van der Waals surface area (Å²) in [6, 6.07) is 0. The summed E-state index contributed by atoms with van der Waals surface area (Å²) >= 11 is 0. The van der Waals surface area contributed by atoms with E-state index in [-0.39, 0.29) is 6.10 Å². The van der Waals surface area contributed by atoms with Crippen molar-refractivity contribution < 1.29 is 14.6 Å². The molecule has 0 saturated carbocycles. The van der Waals surface area contributed by atoms with Gasteiger partial charge in [-0.15, -0.1) is 0 Å². The van der Waals surface area contributed by atoms with Gasteiger partial charge in [-0.2, -0.15) is 0 Å². The lowest BCUT2D eigenvalue weighted by Gasteiger charge is -2.43. The standard InChI is InChI=1S/C10H16O3/c1-8-4-5-9(11)10(13-8)6-2-3-7-12-10/h4-5,8-9,11H,2-3,6-7H2,1H3/t8-,9-,10-/m1/s1. The molecule has 0 unspecified atom stereocenters. The van der Waals surface area contributed by atoms with Crippen LogP contribution in [0.1, 0.15) is 26.2 Å². The minimum atomic E-state index is -0.744. The summed E-state index contributed by atoms with van der Waals surface area (Å²) in [5, 5.41) is 9.77. The summed E-state index contributed by atoms with van der Waals surface area (Å²) in [5.41, 5.74) is 0. The minimum absolute atomic E-state index is 0.0431. The summed E-state index contributed by atoms with van der Waals surface area (Å²) < 4.78 is 11.2. The molecule has 2 rings (SSSR count). The van der Waals surface area contributed by atoms with Crippen molar-refractivity contribution in [2.45, 2.75) is 44.2 Å². The molecule has 2 aliphatic rings. The summed E-state index contributed by atoms with van der Waals surface area (Å²) in [6.45, 7) is 2.65. The van der Waals surface area contributed by atoms with E-state index in [1.165, 1.54) is 0 Å². The molecule has 74 valence electrons. The fourth-order valence-corrected chi connectivity index (χ4v) is 1.95. The van der Waals surface area contributed by atoms with Crippen LogP contribution in [0.4, 0.5) is 0 Å². The van der Waals surface area contributed by atoms with E-state index < -0.39 is 11.9 Å². The molecule has 2 aliphatic heterocycles. The Kier molecular flexibility index (Phi) is 2.41. The van der Waals surface area contributed by atoms with Gasteiger partial charge < -0.3 is 14.6 Å². The third-order valence-electron chi connectivity index (χ3n) is 2.67. The average Bonchev–Trinajstić information content (AvgIpc) is 2.14. The van der Waals surface area contributed by atoms with Crippen molar-refractivity contribution in [1.29, 1.82) is 0 Å². The highest BCUT2D eigenvalue weighted by molar-refractivity contribution is 5.05. The Balaban J connectivity index is 2.15. The molecule has 0 radical (unpaired) electrons. The van der Waals surface area contributed by atoms with Crippen molar-refractivity contribution >= 4 is 0 Å². The van der Waals surface area contributed by atoms with Crippen molar-refractivity contribution in [3.63, 3.8) is 0 Å². The van der Waals surface area contributed by atoms with E-state index in [1.807, 2.05) is 13.0 Å². The molecule has 0 bridgehead atoms. The normalized spacial score (nSPS) is 45.4. The van der Waals surface area contributed by atoms with Crippen LogP contribution in [0.3, 0.4) is 0 Å². The van der Waals surface area contributed by atoms with Gasteiger partial charge in [0, 0.05) is 6.42 Å². The molecular formula is C10H16O3. The Morgan fingerprint density at radius 3 is 2.92 bits per heavy atom. The number of hydrogen-bond acceptors (Lipinski definition) is 3. The van der Waals surface area contributed by atoms with Crippen molar-refractivity contribution in [3.05, 3.63) is 12.2 Å². The van der Waals surface area contributed by atoms with Crippen LogP contribution in [0.2, 0.25) is 0 Å². The van der Waals surface area contributed by atoms with E-state index in [4.69, 9.17) is 9.47 Å². The highest BCUT2D eigenvalue weighted by atomic mass is 16.7. The highest BCUT2D eigenvalue weighted by Gasteiger charge is 2.43. The van der Waals surface area contributed by atoms with E-state index in [9.17, 15) is 5.11 Å². The van der Waals surface area contributed by atoms with Gasteiger partial charge >= 0.3 is 0 Å². The summed E-state index contributed by atoms with van der Waals surface area (Å²) in [6.07, 6.45) is 6.01. The Labute approximate surface area is 78.3 Å². The van der Waals surface area contributed by atoms with E-state index in [2.05, 4.69) is 0 Å². The zero-order valence-electron chi connectivity index (χ0n) is 7.90. The fourth-order valence-electron chi connectivity index (χ4n) is 1.95. The molecule has 0 amide bonds. The van der Waals surface area contributed by atoms with Gasteiger partial charge in [0.1, 0.15) is 6.10 Å². The maximum Gasteiger partial charge on any atom is 0.198 e. The molecule has 13 heavy (non-hydrogen) atoms. The molecule has 1 N–H and O–H groups in total. The van der Waals surface area contributed by atoms with Crippen LogP contribution in [-0.2, 0) is 9.47 Å². The molecule has 0 aromatic heterocycles. The second-order valence-electron chi connectivity index (χ2n) is 3.77. The lowest BCUT2D eigenvalue weighted by molar-refractivity contribution is -0.303. The minimum Gasteiger partial charge on any atom is -0.383 e. The average molecular weight is 184 g/mol. The van der Waals surface area contributed by atoms with Gasteiger partial charge in [-0.05, 0) is 19.8 Å². The number of ether oxygens (including phenoxy) is 2. The molecule has 3 heteroatoms. The predicted molar refractivity (Wildman–Crippen MR) is 48.2 cm³/mol. The molecule has 3 atom stereocenters. The number of aliphatic hydroxyl groups excluding tert-OH is 1. The zero-order chi connectivity index (χ0) is 9.31. The number of hydrogen-bond donors (Lipinski definition) is 1. The van der Waals surface area contributed by atoms with Gasteiger partial charge in [0.2, 0.25) is 0 Å². The molecule has 0 aromatic carbocycles. The first kappa shape index (κ1) is 9.19. The van der Waals surface area contributed by atoms with Gasteiger partial charge in [-0.25, -0.2) is 0 Å². The van der Waals surface area contributed by atoms with Crippen molar-refractivity contribution in [1.82, 2.24) is 0 Å². The van der Waals surface area contributed by atoms with Gasteiger partial charge in [0.05, 0.1) is 12.7 Å². The molecule has 1 fully saturated rings. The van der Waals surface area contributed by atoms with Crippen molar-refractivity contribution in [2.75, 3.05) is 6.61 Å². The van der Waals surface area contributed by atoms with Crippen LogP contribution >= 0.6 is 0 Å². The van der Waals surface area contributed by atoms with E-state index in [0.717, 1.165) is 19.3 Å². The zero-order valence-corrected chi connectivity index (χ0v) is 7.90.